The molecule has 3 nitrogen and oxygen atoms in total. The predicted molar refractivity (Wildman–Crippen MR) is 58.8 cm³/mol. The van der Waals surface area contributed by atoms with Crippen molar-refractivity contribution < 1.29 is 62.9 Å². The van der Waals surface area contributed by atoms with Gasteiger partial charge in [0.1, 0.15) is 5.76 Å². The summed E-state index contributed by atoms with van der Waals surface area (Å²) in [5.41, 5.74) is -2.16. The summed E-state index contributed by atoms with van der Waals surface area (Å²) < 4.78 is 141. The molecule has 0 saturated heterocycles. The van der Waals surface area contributed by atoms with Crippen molar-refractivity contribution in [3.63, 3.8) is 0 Å². The van der Waals surface area contributed by atoms with Gasteiger partial charge in [-0.2, -0.15) is 26.3 Å². The van der Waals surface area contributed by atoms with Gasteiger partial charge in [-0.05, 0) is 0 Å². The van der Waals surface area contributed by atoms with Crippen molar-refractivity contribution in [3.05, 3.63) is 40.7 Å². The van der Waals surface area contributed by atoms with Gasteiger partial charge < -0.3 is 9.84 Å². The lowest BCUT2D eigenvalue weighted by Gasteiger charge is -2.22. The highest BCUT2D eigenvalue weighted by molar-refractivity contribution is 5.89. The van der Waals surface area contributed by atoms with Gasteiger partial charge >= 0.3 is 18.3 Å². The minimum atomic E-state index is -6.14. The molecule has 1 aromatic rings. The molecule has 26 heavy (non-hydrogen) atoms. The van der Waals surface area contributed by atoms with Crippen molar-refractivity contribution in [3.8, 4) is 0 Å². The Morgan fingerprint density at radius 3 is 1.50 bits per heavy atom. The topological polar surface area (TPSA) is 46.5 Å². The molecule has 1 rings (SSSR count). The van der Waals surface area contributed by atoms with Gasteiger partial charge in [0.2, 0.25) is 5.82 Å². The Labute approximate surface area is 135 Å². The lowest BCUT2D eigenvalue weighted by molar-refractivity contribution is -0.312. The van der Waals surface area contributed by atoms with Crippen molar-refractivity contribution >= 4 is 11.7 Å². The highest BCUT2D eigenvalue weighted by atomic mass is 19.4. The standard InChI is InChI=1S/C12H3F11O3/c13-5-4(6(14)8(16)9(17)7(5)15)2(24)1-3(25)26-10(11(18,19)20)12(21,22)23/h1,10,24H. The van der Waals surface area contributed by atoms with Crippen LogP contribution in [0.4, 0.5) is 48.3 Å². The average molecular weight is 404 g/mol. The number of aliphatic hydroxyl groups excluding tert-OH is 1. The molecule has 1 aromatic carbocycles. The van der Waals surface area contributed by atoms with E-state index >= 15 is 0 Å². The fourth-order valence-electron chi connectivity index (χ4n) is 1.48. The van der Waals surface area contributed by atoms with Gasteiger partial charge in [-0.3, -0.25) is 0 Å². The normalized spacial score (nSPS) is 13.3. The molecule has 0 aromatic heterocycles. The maximum atomic E-state index is 13.3. The Balaban J connectivity index is 3.29. The SMILES string of the molecule is O=C(C=C(O)c1c(F)c(F)c(F)c(F)c1F)OC(C(F)(F)F)C(F)(F)F. The summed E-state index contributed by atoms with van der Waals surface area (Å²) in [5, 5.41) is 9.17. The molecule has 0 saturated carbocycles. The second-order valence-electron chi connectivity index (χ2n) is 4.37. The number of aliphatic hydroxyl groups is 1. The number of carbonyl (C=O) groups is 1. The lowest BCUT2D eigenvalue weighted by atomic mass is 10.1. The summed E-state index contributed by atoms with van der Waals surface area (Å²) in [4.78, 5) is 11.0. The zero-order valence-electron chi connectivity index (χ0n) is 11.6. The summed E-state index contributed by atoms with van der Waals surface area (Å²) in [7, 11) is 0. The number of esters is 1. The molecule has 14 heteroatoms. The van der Waals surface area contributed by atoms with Crippen molar-refractivity contribution in [2.75, 3.05) is 0 Å². The zero-order valence-corrected chi connectivity index (χ0v) is 11.6. The molecular weight excluding hydrogens is 401 g/mol. The summed E-state index contributed by atoms with van der Waals surface area (Å²) in [6, 6.07) is 0. The lowest BCUT2D eigenvalue weighted by Crippen LogP contribution is -2.45. The van der Waals surface area contributed by atoms with E-state index in [9.17, 15) is 58.2 Å². The third-order valence-electron chi connectivity index (χ3n) is 2.55. The van der Waals surface area contributed by atoms with Crippen molar-refractivity contribution in [1.29, 1.82) is 0 Å². The Kier molecular flexibility index (Phi) is 5.78. The predicted octanol–water partition coefficient (Wildman–Crippen LogP) is 4.32. The van der Waals surface area contributed by atoms with E-state index in [0.29, 0.717) is 0 Å². The van der Waals surface area contributed by atoms with Crippen LogP contribution in [0.1, 0.15) is 5.56 Å². The van der Waals surface area contributed by atoms with Gasteiger partial charge in [0, 0.05) is 0 Å². The van der Waals surface area contributed by atoms with E-state index < -0.39 is 70.9 Å². The van der Waals surface area contributed by atoms with E-state index in [1.54, 1.807) is 0 Å². The fraction of sp³-hybridized carbons (Fsp3) is 0.250. The first-order valence-corrected chi connectivity index (χ1v) is 5.85. The van der Waals surface area contributed by atoms with Crippen LogP contribution >= 0.6 is 0 Å². The number of rotatable bonds is 3. The van der Waals surface area contributed by atoms with Crippen molar-refractivity contribution in [2.24, 2.45) is 0 Å². The Bertz CT molecular complexity index is 705. The molecule has 0 radical (unpaired) electrons. The molecule has 0 atom stereocenters. The maximum Gasteiger partial charge on any atom is 0.434 e. The number of alkyl halides is 6. The molecule has 0 heterocycles. The molecule has 0 spiro atoms. The number of carbonyl (C=O) groups excluding carboxylic acids is 1. The minimum absolute atomic E-state index is 0.719. The molecule has 1 N–H and O–H groups in total. The highest BCUT2D eigenvalue weighted by Gasteiger charge is 2.59. The summed E-state index contributed by atoms with van der Waals surface area (Å²) >= 11 is 0. The minimum Gasteiger partial charge on any atom is -0.507 e. The average Bonchev–Trinajstić information content (AvgIpc) is 2.46. The second-order valence-corrected chi connectivity index (χ2v) is 4.37. The number of halogens is 11. The van der Waals surface area contributed by atoms with Crippen LogP contribution in [0.3, 0.4) is 0 Å². The number of ether oxygens (including phenoxy) is 1. The molecular formula is C12H3F11O3. The van der Waals surface area contributed by atoms with Gasteiger partial charge in [0.05, 0.1) is 11.6 Å². The Morgan fingerprint density at radius 1 is 0.808 bits per heavy atom. The third kappa shape index (κ3) is 4.35. The van der Waals surface area contributed by atoms with Crippen LogP contribution in [0.2, 0.25) is 0 Å². The first kappa shape index (κ1) is 21.5. The van der Waals surface area contributed by atoms with Crippen LogP contribution in [-0.2, 0) is 9.53 Å². The maximum absolute atomic E-state index is 13.3. The quantitative estimate of drug-likeness (QED) is 0.204. The van der Waals surface area contributed by atoms with Crippen LogP contribution in [0.5, 0.6) is 0 Å². The van der Waals surface area contributed by atoms with E-state index in [0.717, 1.165) is 0 Å². The molecule has 0 bridgehead atoms. The van der Waals surface area contributed by atoms with Crippen LogP contribution < -0.4 is 0 Å². The van der Waals surface area contributed by atoms with Gasteiger partial charge in [-0.25, -0.2) is 26.7 Å². The summed E-state index contributed by atoms with van der Waals surface area (Å²) in [6.07, 6.45) is -17.7. The van der Waals surface area contributed by atoms with E-state index in [1.807, 2.05) is 0 Å². The smallest absolute Gasteiger partial charge is 0.434 e. The van der Waals surface area contributed by atoms with Gasteiger partial charge in [-0.15, -0.1) is 0 Å². The van der Waals surface area contributed by atoms with Gasteiger partial charge in [-0.1, -0.05) is 0 Å². The molecule has 0 unspecified atom stereocenters. The van der Waals surface area contributed by atoms with E-state index in [2.05, 4.69) is 4.74 Å². The highest BCUT2D eigenvalue weighted by Crippen LogP contribution is 2.36. The van der Waals surface area contributed by atoms with Crippen LogP contribution in [0, 0.1) is 29.1 Å². The Hall–Kier alpha value is -2.54. The number of benzene rings is 1. The molecule has 0 fully saturated rings. The molecule has 0 aliphatic rings. The molecule has 146 valence electrons. The fourth-order valence-corrected chi connectivity index (χ4v) is 1.48. The van der Waals surface area contributed by atoms with Crippen LogP contribution in [-0.4, -0.2) is 29.5 Å². The first-order valence-electron chi connectivity index (χ1n) is 5.85. The summed E-state index contributed by atoms with van der Waals surface area (Å²) in [5.74, 6) is -18.0. The van der Waals surface area contributed by atoms with Crippen molar-refractivity contribution in [2.45, 2.75) is 18.5 Å². The van der Waals surface area contributed by atoms with E-state index in [-0.39, 0.29) is 0 Å². The van der Waals surface area contributed by atoms with E-state index in [1.165, 1.54) is 0 Å². The third-order valence-corrected chi connectivity index (χ3v) is 2.55. The van der Waals surface area contributed by atoms with Gasteiger partial charge in [0.25, 0.3) is 6.10 Å². The van der Waals surface area contributed by atoms with Gasteiger partial charge in [0.15, 0.2) is 23.3 Å². The molecule has 0 aliphatic heterocycles. The van der Waals surface area contributed by atoms with E-state index in [4.69, 9.17) is 0 Å². The second kappa shape index (κ2) is 6.99. The molecule has 0 amide bonds. The van der Waals surface area contributed by atoms with Crippen molar-refractivity contribution in [1.82, 2.24) is 0 Å². The van der Waals surface area contributed by atoms with Crippen LogP contribution in [0.25, 0.3) is 5.76 Å². The Morgan fingerprint density at radius 2 is 1.15 bits per heavy atom. The zero-order chi connectivity index (χ0) is 20.6. The largest absolute Gasteiger partial charge is 0.507 e. The molecule has 0 aliphatic carbocycles. The summed E-state index contributed by atoms with van der Waals surface area (Å²) in [6.45, 7) is 0. The van der Waals surface area contributed by atoms with Crippen LogP contribution in [0.15, 0.2) is 6.08 Å². The first-order chi connectivity index (χ1) is 11.6. The number of hydrogen-bond acceptors (Lipinski definition) is 3. The monoisotopic (exact) mass is 404 g/mol. The number of hydrogen-bond donors (Lipinski definition) is 1.